The molecule has 5 rings (SSSR count). The van der Waals surface area contributed by atoms with Gasteiger partial charge in [-0.2, -0.15) is 0 Å². The van der Waals surface area contributed by atoms with E-state index in [1.165, 1.54) is 4.68 Å². The normalized spacial score (nSPS) is 11.5. The van der Waals surface area contributed by atoms with Crippen molar-refractivity contribution in [2.24, 2.45) is 12.2 Å². The van der Waals surface area contributed by atoms with Crippen LogP contribution in [-0.4, -0.2) is 36.1 Å². The maximum Gasteiger partial charge on any atom is 0.257 e. The number of nitrogens with zero attached hydrogens (tertiary/aromatic N) is 7. The van der Waals surface area contributed by atoms with E-state index in [9.17, 15) is 0 Å². The van der Waals surface area contributed by atoms with E-state index >= 15 is 0 Å². The molecule has 5 aromatic rings. The minimum absolute atomic E-state index is 0.0572. The van der Waals surface area contributed by atoms with Gasteiger partial charge in [-0.05, 0) is 46.8 Å². The quantitative estimate of drug-likeness (QED) is 0.199. The first-order valence-electron chi connectivity index (χ1n) is 10.6. The Hall–Kier alpha value is -4.28. The Balaban J connectivity index is 1.29. The van der Waals surface area contributed by atoms with Crippen molar-refractivity contribution in [1.29, 1.82) is 0 Å². The minimum Gasteiger partial charge on any atom is -0.456 e. The maximum absolute atomic E-state index is 6.41. The summed E-state index contributed by atoms with van der Waals surface area (Å²) in [6, 6.07) is 21.6. The Bertz CT molecular complexity index is 1520. The second-order valence-corrected chi connectivity index (χ2v) is 8.25. The van der Waals surface area contributed by atoms with Crippen molar-refractivity contribution in [3.63, 3.8) is 0 Å². The van der Waals surface area contributed by atoms with E-state index in [1.807, 2.05) is 30.3 Å². The second-order valence-electron chi connectivity index (χ2n) is 7.41. The molecule has 2 heterocycles. The Morgan fingerprint density at radius 3 is 2.58 bits per heavy atom. The lowest BCUT2D eigenvalue weighted by Gasteiger charge is -2.08. The van der Waals surface area contributed by atoms with E-state index in [-0.39, 0.29) is 18.4 Å². The number of rotatable bonds is 8. The van der Waals surface area contributed by atoms with E-state index < -0.39 is 0 Å². The van der Waals surface area contributed by atoms with Crippen molar-refractivity contribution >= 4 is 28.9 Å². The van der Waals surface area contributed by atoms with Crippen molar-refractivity contribution < 1.29 is 14.0 Å². The van der Waals surface area contributed by atoms with Gasteiger partial charge in [0.25, 0.3) is 5.89 Å². The lowest BCUT2D eigenvalue weighted by atomic mass is 10.1. The van der Waals surface area contributed by atoms with Crippen molar-refractivity contribution in [1.82, 2.24) is 30.4 Å². The van der Waals surface area contributed by atoms with E-state index in [2.05, 4.69) is 30.9 Å². The van der Waals surface area contributed by atoms with Gasteiger partial charge >= 0.3 is 0 Å². The van der Waals surface area contributed by atoms with Gasteiger partial charge < -0.3 is 14.0 Å². The zero-order chi connectivity index (χ0) is 24.9. The van der Waals surface area contributed by atoms with Gasteiger partial charge in [0.05, 0.1) is 5.02 Å². The van der Waals surface area contributed by atoms with E-state index in [4.69, 9.17) is 37.2 Å². The maximum atomic E-state index is 6.41. The van der Waals surface area contributed by atoms with Gasteiger partial charge in [-0.1, -0.05) is 64.8 Å². The Kier molecular flexibility index (Phi) is 6.87. The minimum atomic E-state index is -0.0572. The van der Waals surface area contributed by atoms with Gasteiger partial charge in [-0.15, -0.1) is 15.3 Å². The highest BCUT2D eigenvalue weighted by molar-refractivity contribution is 6.32. The summed E-state index contributed by atoms with van der Waals surface area (Å²) in [4.78, 5) is 5.51. The molecule has 0 aliphatic heterocycles. The highest BCUT2D eigenvalue weighted by Gasteiger charge is 2.16. The molecule has 0 saturated heterocycles. The van der Waals surface area contributed by atoms with E-state index in [0.717, 1.165) is 5.56 Å². The number of oxime groups is 1. The van der Waals surface area contributed by atoms with Crippen molar-refractivity contribution in [2.45, 2.75) is 6.61 Å². The zero-order valence-corrected chi connectivity index (χ0v) is 20.3. The molecule has 0 bridgehead atoms. The van der Waals surface area contributed by atoms with Crippen LogP contribution in [-0.2, 0) is 18.5 Å². The summed E-state index contributed by atoms with van der Waals surface area (Å²) in [5, 5.41) is 24.8. The monoisotopic (exact) mass is 521 g/mol. The van der Waals surface area contributed by atoms with Crippen molar-refractivity contribution in [2.75, 3.05) is 0 Å². The van der Waals surface area contributed by atoms with Crippen LogP contribution in [0.1, 0.15) is 17.3 Å². The number of ether oxygens (including phenoxy) is 1. The van der Waals surface area contributed by atoms with Crippen LogP contribution in [0.3, 0.4) is 0 Å². The number of aromatic nitrogens is 6. The molecule has 180 valence electrons. The standard InChI is InChI=1S/C24H17Cl2N7O3/c1-33-23(28-31-32-33)22(15-6-3-2-4-7-15)30-34-14-21-27-29-24(36-21)16-10-11-20(19(26)12-16)35-18-9-5-8-17(25)13-18/h2-13H,14H2,1H3/b30-22-. The van der Waals surface area contributed by atoms with E-state index in [1.54, 1.807) is 49.5 Å². The molecule has 3 aromatic carbocycles. The van der Waals surface area contributed by atoms with Gasteiger partial charge in [-0.3, -0.25) is 0 Å². The predicted molar refractivity (Wildman–Crippen MR) is 132 cm³/mol. The Labute approximate surface area is 215 Å². The number of aryl methyl sites for hydroxylation is 1. The molecular formula is C24H17Cl2N7O3. The third-order valence-electron chi connectivity index (χ3n) is 4.89. The first-order valence-corrected chi connectivity index (χ1v) is 11.4. The molecule has 12 heteroatoms. The second kappa shape index (κ2) is 10.5. The number of hydrogen-bond acceptors (Lipinski definition) is 9. The smallest absolute Gasteiger partial charge is 0.257 e. The molecule has 0 aliphatic carbocycles. The zero-order valence-electron chi connectivity index (χ0n) is 18.7. The van der Waals surface area contributed by atoms with Crippen LogP contribution < -0.4 is 4.74 Å². The Morgan fingerprint density at radius 1 is 0.972 bits per heavy atom. The van der Waals surface area contributed by atoms with Crippen molar-refractivity contribution in [3.05, 3.63) is 100 Å². The summed E-state index contributed by atoms with van der Waals surface area (Å²) in [5.41, 5.74) is 1.87. The van der Waals surface area contributed by atoms with E-state index in [0.29, 0.717) is 38.6 Å². The number of tetrazole rings is 1. The van der Waals surface area contributed by atoms with Gasteiger partial charge in [0.1, 0.15) is 11.5 Å². The third kappa shape index (κ3) is 5.35. The summed E-state index contributed by atoms with van der Waals surface area (Å²) in [6.07, 6.45) is 0. The Morgan fingerprint density at radius 2 is 1.83 bits per heavy atom. The summed E-state index contributed by atoms with van der Waals surface area (Å²) in [5.74, 6) is 1.98. The summed E-state index contributed by atoms with van der Waals surface area (Å²) in [7, 11) is 1.72. The summed E-state index contributed by atoms with van der Waals surface area (Å²) < 4.78 is 13.0. The average Bonchev–Trinajstić information content (AvgIpc) is 3.53. The first-order chi connectivity index (χ1) is 17.6. The van der Waals surface area contributed by atoms with Crippen LogP contribution in [0.4, 0.5) is 0 Å². The van der Waals surface area contributed by atoms with Crippen LogP contribution >= 0.6 is 23.2 Å². The molecule has 0 unspecified atom stereocenters. The lowest BCUT2D eigenvalue weighted by molar-refractivity contribution is 0.111. The largest absolute Gasteiger partial charge is 0.456 e. The van der Waals surface area contributed by atoms with Crippen molar-refractivity contribution in [3.8, 4) is 23.0 Å². The predicted octanol–water partition coefficient (Wildman–Crippen LogP) is 5.33. The summed E-state index contributed by atoms with van der Waals surface area (Å²) >= 11 is 12.4. The lowest BCUT2D eigenvalue weighted by Crippen LogP contribution is -2.12. The van der Waals surface area contributed by atoms with Gasteiger partial charge in [0.2, 0.25) is 11.7 Å². The summed E-state index contributed by atoms with van der Waals surface area (Å²) in [6.45, 7) is -0.0572. The molecule has 0 fully saturated rings. The van der Waals surface area contributed by atoms with Crippen LogP contribution in [0.5, 0.6) is 11.5 Å². The van der Waals surface area contributed by atoms with Gasteiger partial charge in [0, 0.05) is 23.2 Å². The number of hydrogen-bond donors (Lipinski definition) is 0. The molecular weight excluding hydrogens is 505 g/mol. The fourth-order valence-corrected chi connectivity index (χ4v) is 3.60. The molecule has 0 saturated carbocycles. The fourth-order valence-electron chi connectivity index (χ4n) is 3.20. The molecule has 0 amide bonds. The fraction of sp³-hybridized carbons (Fsp3) is 0.0833. The van der Waals surface area contributed by atoms with Crippen LogP contribution in [0.2, 0.25) is 10.0 Å². The highest BCUT2D eigenvalue weighted by Crippen LogP contribution is 2.33. The topological polar surface area (TPSA) is 113 Å². The molecule has 2 aromatic heterocycles. The van der Waals surface area contributed by atoms with Gasteiger partial charge in [0.15, 0.2) is 12.3 Å². The van der Waals surface area contributed by atoms with Crippen LogP contribution in [0.15, 0.2) is 82.4 Å². The molecule has 0 radical (unpaired) electrons. The molecule has 10 nitrogen and oxygen atoms in total. The van der Waals surface area contributed by atoms with Crippen LogP contribution in [0, 0.1) is 0 Å². The van der Waals surface area contributed by atoms with Gasteiger partial charge in [-0.25, -0.2) is 4.68 Å². The molecule has 0 atom stereocenters. The average molecular weight is 522 g/mol. The first kappa shape index (κ1) is 23.5. The number of halogens is 2. The third-order valence-corrected chi connectivity index (χ3v) is 5.42. The molecule has 0 spiro atoms. The van der Waals surface area contributed by atoms with Crippen LogP contribution in [0.25, 0.3) is 11.5 Å². The number of benzene rings is 3. The molecule has 0 N–H and O–H groups in total. The molecule has 36 heavy (non-hydrogen) atoms. The highest BCUT2D eigenvalue weighted by atomic mass is 35.5. The SMILES string of the molecule is Cn1nnnc1/C(=N\OCc1nnc(-c2ccc(Oc3cccc(Cl)c3)c(Cl)c2)o1)c1ccccc1. The molecule has 0 aliphatic rings.